The zero-order chi connectivity index (χ0) is 13.4. The Morgan fingerprint density at radius 1 is 1.42 bits per heavy atom. The number of likely N-dealkylation sites (tertiary alicyclic amines) is 1. The zero-order valence-electron chi connectivity index (χ0n) is 10.4. The molecule has 0 bridgehead atoms. The minimum atomic E-state index is -0.213. The maximum atomic E-state index is 12.3. The molecule has 1 fully saturated rings. The zero-order valence-corrected chi connectivity index (χ0v) is 11.3. The van der Waals surface area contributed by atoms with Crippen molar-refractivity contribution in [3.8, 4) is 0 Å². The second-order valence-corrected chi connectivity index (χ2v) is 5.48. The highest BCUT2D eigenvalue weighted by atomic mass is 32.1. The Morgan fingerprint density at radius 3 is 2.84 bits per heavy atom. The first kappa shape index (κ1) is 12.1. The third kappa shape index (κ3) is 2.08. The van der Waals surface area contributed by atoms with E-state index in [0.29, 0.717) is 5.69 Å². The monoisotopic (exact) mass is 275 g/mol. The van der Waals surface area contributed by atoms with Crippen LogP contribution in [0.25, 0.3) is 0 Å². The van der Waals surface area contributed by atoms with Crippen molar-refractivity contribution in [2.24, 2.45) is 7.05 Å². The van der Waals surface area contributed by atoms with E-state index in [4.69, 9.17) is 0 Å². The summed E-state index contributed by atoms with van der Waals surface area (Å²) in [7, 11) is 1.55. The Morgan fingerprint density at radius 2 is 2.26 bits per heavy atom. The van der Waals surface area contributed by atoms with Crippen LogP contribution < -0.4 is 5.56 Å². The Balaban J connectivity index is 1.84. The molecule has 0 saturated carbocycles. The van der Waals surface area contributed by atoms with E-state index in [9.17, 15) is 9.59 Å². The molecule has 19 heavy (non-hydrogen) atoms. The van der Waals surface area contributed by atoms with Gasteiger partial charge in [-0.15, -0.1) is 11.3 Å². The number of hydrogen-bond donors (Lipinski definition) is 0. The second kappa shape index (κ2) is 4.62. The maximum absolute atomic E-state index is 12.3. The first-order valence-electron chi connectivity index (χ1n) is 6.05. The number of amides is 1. The summed E-state index contributed by atoms with van der Waals surface area (Å²) in [6.45, 7) is 0.742. The third-order valence-corrected chi connectivity index (χ3v) is 4.31. The molecule has 3 rings (SSSR count). The number of aromatic nitrogens is 2. The van der Waals surface area contributed by atoms with Crippen LogP contribution in [0.3, 0.4) is 0 Å². The van der Waals surface area contributed by atoms with E-state index >= 15 is 0 Å². The van der Waals surface area contributed by atoms with Crippen LogP contribution in [0.1, 0.15) is 27.8 Å². The van der Waals surface area contributed by atoms with E-state index in [2.05, 4.69) is 5.10 Å². The fourth-order valence-electron chi connectivity index (χ4n) is 2.17. The van der Waals surface area contributed by atoms with Crippen molar-refractivity contribution in [3.63, 3.8) is 0 Å². The van der Waals surface area contributed by atoms with E-state index in [0.717, 1.165) is 13.0 Å². The maximum Gasteiger partial charge on any atom is 0.274 e. The summed E-state index contributed by atoms with van der Waals surface area (Å²) in [5.41, 5.74) is 0.110. The van der Waals surface area contributed by atoms with Crippen molar-refractivity contribution in [1.82, 2.24) is 14.7 Å². The van der Waals surface area contributed by atoms with Crippen LogP contribution in [0.2, 0.25) is 0 Å². The molecule has 0 N–H and O–H groups in total. The van der Waals surface area contributed by atoms with Crippen LogP contribution in [0.4, 0.5) is 0 Å². The Kier molecular flexibility index (Phi) is 2.94. The molecule has 1 unspecified atom stereocenters. The first-order chi connectivity index (χ1) is 9.16. The van der Waals surface area contributed by atoms with Gasteiger partial charge in [0.2, 0.25) is 0 Å². The fourth-order valence-corrected chi connectivity index (χ4v) is 3.04. The average molecular weight is 275 g/mol. The van der Waals surface area contributed by atoms with E-state index in [1.165, 1.54) is 21.7 Å². The predicted octanol–water partition coefficient (Wildman–Crippen LogP) is 1.43. The highest BCUT2D eigenvalue weighted by Crippen LogP contribution is 2.36. The van der Waals surface area contributed by atoms with Crippen molar-refractivity contribution in [3.05, 3.63) is 50.6 Å². The Hall–Kier alpha value is -1.95. The Bertz CT molecular complexity index is 663. The van der Waals surface area contributed by atoms with Gasteiger partial charge in [0, 0.05) is 24.5 Å². The SMILES string of the molecule is Cn1nc(C(=O)N2CCC2c2cccs2)ccc1=O. The van der Waals surface area contributed by atoms with E-state index in [-0.39, 0.29) is 17.5 Å². The van der Waals surface area contributed by atoms with Crippen LogP contribution in [0.15, 0.2) is 34.4 Å². The lowest BCUT2D eigenvalue weighted by molar-refractivity contribution is 0.0459. The highest BCUT2D eigenvalue weighted by molar-refractivity contribution is 7.10. The molecule has 3 heterocycles. The quantitative estimate of drug-likeness (QED) is 0.833. The van der Waals surface area contributed by atoms with Gasteiger partial charge in [0.05, 0.1) is 6.04 Å². The molecule has 98 valence electrons. The molecular formula is C13H13N3O2S. The molecule has 2 aromatic heterocycles. The van der Waals surface area contributed by atoms with E-state index in [1.807, 2.05) is 17.5 Å². The van der Waals surface area contributed by atoms with E-state index in [1.54, 1.807) is 23.3 Å². The molecule has 0 aliphatic carbocycles. The van der Waals surface area contributed by atoms with Gasteiger partial charge < -0.3 is 4.90 Å². The standard InChI is InChI=1S/C13H13N3O2S/c1-15-12(17)5-4-9(14-15)13(18)16-7-6-10(16)11-3-2-8-19-11/h2-5,8,10H,6-7H2,1H3. The molecule has 1 aliphatic rings. The lowest BCUT2D eigenvalue weighted by Crippen LogP contribution is -2.45. The molecular weight excluding hydrogens is 262 g/mol. The Labute approximate surface area is 114 Å². The normalized spacial score (nSPS) is 18.2. The lowest BCUT2D eigenvalue weighted by Gasteiger charge is -2.40. The van der Waals surface area contributed by atoms with Crippen LogP contribution in [-0.4, -0.2) is 27.1 Å². The van der Waals surface area contributed by atoms with Gasteiger partial charge in [-0.1, -0.05) is 6.07 Å². The van der Waals surface area contributed by atoms with Crippen molar-refractivity contribution in [2.45, 2.75) is 12.5 Å². The van der Waals surface area contributed by atoms with E-state index < -0.39 is 0 Å². The average Bonchev–Trinajstić information content (AvgIpc) is 2.84. The summed E-state index contributed by atoms with van der Waals surface area (Å²) in [5, 5.41) is 6.02. The highest BCUT2D eigenvalue weighted by Gasteiger charge is 2.35. The number of carbonyl (C=O) groups is 1. The van der Waals surface area contributed by atoms with Crippen molar-refractivity contribution in [2.75, 3.05) is 6.54 Å². The molecule has 5 nitrogen and oxygen atoms in total. The van der Waals surface area contributed by atoms with Gasteiger partial charge >= 0.3 is 0 Å². The molecule has 1 amide bonds. The summed E-state index contributed by atoms with van der Waals surface area (Å²) in [6.07, 6.45) is 0.984. The first-order valence-corrected chi connectivity index (χ1v) is 6.93. The van der Waals surface area contributed by atoms with Gasteiger partial charge in [-0.2, -0.15) is 5.10 Å². The topological polar surface area (TPSA) is 55.2 Å². The third-order valence-electron chi connectivity index (χ3n) is 3.33. The molecule has 2 aromatic rings. The summed E-state index contributed by atoms with van der Waals surface area (Å²) in [4.78, 5) is 26.6. The molecule has 6 heteroatoms. The number of carbonyl (C=O) groups excluding carboxylic acids is 1. The van der Waals surface area contributed by atoms with Crippen LogP contribution in [0.5, 0.6) is 0 Å². The summed E-state index contributed by atoms with van der Waals surface area (Å²) >= 11 is 1.66. The van der Waals surface area contributed by atoms with Crippen LogP contribution in [0, 0.1) is 0 Å². The summed E-state index contributed by atoms with van der Waals surface area (Å²) in [5.74, 6) is -0.111. The molecule has 1 aliphatic heterocycles. The summed E-state index contributed by atoms with van der Waals surface area (Å²) in [6, 6.07) is 7.06. The van der Waals surface area contributed by atoms with Crippen LogP contribution >= 0.6 is 11.3 Å². The minimum absolute atomic E-state index is 0.111. The smallest absolute Gasteiger partial charge is 0.274 e. The van der Waals surface area contributed by atoms with Gasteiger partial charge in [0.15, 0.2) is 0 Å². The van der Waals surface area contributed by atoms with Crippen LogP contribution in [-0.2, 0) is 7.05 Å². The summed E-state index contributed by atoms with van der Waals surface area (Å²) < 4.78 is 1.19. The number of rotatable bonds is 2. The molecule has 0 aromatic carbocycles. The number of nitrogens with zero attached hydrogens (tertiary/aromatic N) is 3. The van der Waals surface area contributed by atoms with Crippen molar-refractivity contribution >= 4 is 17.2 Å². The van der Waals surface area contributed by atoms with Gasteiger partial charge in [-0.25, -0.2) is 4.68 Å². The predicted molar refractivity (Wildman–Crippen MR) is 72.2 cm³/mol. The fraction of sp³-hybridized carbons (Fsp3) is 0.308. The molecule has 0 spiro atoms. The number of hydrogen-bond acceptors (Lipinski definition) is 4. The number of aryl methyl sites for hydroxylation is 1. The molecule has 0 radical (unpaired) electrons. The number of thiophene rings is 1. The van der Waals surface area contributed by atoms with Crippen molar-refractivity contribution in [1.29, 1.82) is 0 Å². The van der Waals surface area contributed by atoms with Gasteiger partial charge in [-0.05, 0) is 23.9 Å². The second-order valence-electron chi connectivity index (χ2n) is 4.50. The molecule has 1 saturated heterocycles. The van der Waals surface area contributed by atoms with Gasteiger partial charge in [0.1, 0.15) is 5.69 Å². The van der Waals surface area contributed by atoms with Gasteiger partial charge in [0.25, 0.3) is 11.5 Å². The van der Waals surface area contributed by atoms with Crippen molar-refractivity contribution < 1.29 is 4.79 Å². The largest absolute Gasteiger partial charge is 0.329 e. The minimum Gasteiger partial charge on any atom is -0.329 e. The molecule has 1 atom stereocenters. The lowest BCUT2D eigenvalue weighted by atomic mass is 10.0. The van der Waals surface area contributed by atoms with Gasteiger partial charge in [-0.3, -0.25) is 9.59 Å².